The molecule has 0 aromatic carbocycles. The predicted octanol–water partition coefficient (Wildman–Crippen LogP) is 3.45. The van der Waals surface area contributed by atoms with E-state index < -0.39 is 0 Å². The zero-order valence-corrected chi connectivity index (χ0v) is 14.7. The van der Waals surface area contributed by atoms with E-state index in [2.05, 4.69) is 28.4 Å². The highest BCUT2D eigenvalue weighted by molar-refractivity contribution is 5.27. The number of hydrogen-bond acceptors (Lipinski definition) is 4. The molecule has 1 fully saturated rings. The molecule has 23 heavy (non-hydrogen) atoms. The molecule has 2 aliphatic rings. The van der Waals surface area contributed by atoms with Gasteiger partial charge in [-0.1, -0.05) is 19.4 Å². The maximum Gasteiger partial charge on any atom is 0.0731 e. The second kappa shape index (κ2) is 7.73. The third kappa shape index (κ3) is 4.52. The summed E-state index contributed by atoms with van der Waals surface area (Å²) in [5.41, 5.74) is 8.05. The highest BCUT2D eigenvalue weighted by Crippen LogP contribution is 2.43. The van der Waals surface area contributed by atoms with Gasteiger partial charge in [0.05, 0.1) is 18.8 Å². The summed E-state index contributed by atoms with van der Waals surface area (Å²) in [5, 5.41) is 2.33. The lowest BCUT2D eigenvalue weighted by molar-refractivity contribution is 0.126. The van der Waals surface area contributed by atoms with E-state index in [0.29, 0.717) is 12.0 Å². The average molecular weight is 317 g/mol. The summed E-state index contributed by atoms with van der Waals surface area (Å²) in [4.78, 5) is 4.65. The average Bonchev–Trinajstić information content (AvgIpc) is 2.55. The molecule has 0 atom stereocenters. The number of hydrazine groups is 1. The topological polar surface area (TPSA) is 37.4 Å². The second-order valence-corrected chi connectivity index (χ2v) is 7.43. The van der Waals surface area contributed by atoms with Crippen molar-refractivity contribution in [3.63, 3.8) is 0 Å². The zero-order valence-electron chi connectivity index (χ0n) is 14.7. The van der Waals surface area contributed by atoms with Gasteiger partial charge in [-0.15, -0.1) is 0 Å². The molecular formula is C19H31N3O. The van der Waals surface area contributed by atoms with Crippen molar-refractivity contribution in [3.05, 3.63) is 29.1 Å². The molecule has 1 aromatic rings. The summed E-state index contributed by atoms with van der Waals surface area (Å²) in [7, 11) is 0. The highest BCUT2D eigenvalue weighted by atomic mass is 16.5. The van der Waals surface area contributed by atoms with E-state index in [1.165, 1.54) is 48.9 Å². The fraction of sp³-hybridized carbons (Fsp3) is 0.737. The van der Waals surface area contributed by atoms with Crippen LogP contribution in [0.2, 0.25) is 0 Å². The summed E-state index contributed by atoms with van der Waals surface area (Å²) >= 11 is 0. The van der Waals surface area contributed by atoms with Crippen LogP contribution in [-0.2, 0) is 24.3 Å². The molecule has 128 valence electrons. The van der Waals surface area contributed by atoms with E-state index >= 15 is 0 Å². The molecule has 0 radical (unpaired) electrons. The molecule has 4 nitrogen and oxygen atoms in total. The van der Waals surface area contributed by atoms with Gasteiger partial charge in [0.2, 0.25) is 0 Å². The van der Waals surface area contributed by atoms with Gasteiger partial charge in [-0.2, -0.15) is 0 Å². The molecule has 1 aromatic heterocycles. The van der Waals surface area contributed by atoms with Crippen molar-refractivity contribution in [2.75, 3.05) is 19.7 Å². The Morgan fingerprint density at radius 1 is 1.39 bits per heavy atom. The summed E-state index contributed by atoms with van der Waals surface area (Å²) in [5.74, 6) is 0. The summed E-state index contributed by atoms with van der Waals surface area (Å²) in [6, 6.07) is 2.27. The smallest absolute Gasteiger partial charge is 0.0731 e. The van der Waals surface area contributed by atoms with E-state index in [9.17, 15) is 0 Å². The number of aromatic nitrogens is 1. The summed E-state index contributed by atoms with van der Waals surface area (Å²) < 4.78 is 5.48. The molecule has 0 saturated heterocycles. The molecule has 0 bridgehead atoms. The van der Waals surface area contributed by atoms with Gasteiger partial charge < -0.3 is 4.74 Å². The Morgan fingerprint density at radius 3 is 3.00 bits per heavy atom. The number of nitrogens with one attached hydrogen (secondary N) is 1. The Kier molecular flexibility index (Phi) is 5.67. The lowest BCUT2D eigenvalue weighted by Gasteiger charge is -2.38. The molecule has 1 aliphatic carbocycles. The van der Waals surface area contributed by atoms with Crippen molar-refractivity contribution in [1.29, 1.82) is 0 Å². The Hall–Kier alpha value is -0.970. The first kappa shape index (κ1) is 16.9. The van der Waals surface area contributed by atoms with Crippen molar-refractivity contribution in [3.8, 4) is 0 Å². The molecule has 2 heterocycles. The molecule has 0 unspecified atom stereocenters. The van der Waals surface area contributed by atoms with Crippen LogP contribution in [0, 0.1) is 5.41 Å². The third-order valence-electron chi connectivity index (χ3n) is 5.43. The van der Waals surface area contributed by atoms with Crippen LogP contribution in [0.3, 0.4) is 0 Å². The van der Waals surface area contributed by atoms with Gasteiger partial charge in [0.1, 0.15) is 0 Å². The van der Waals surface area contributed by atoms with Crippen molar-refractivity contribution < 1.29 is 4.74 Å². The standard InChI is InChI=1S/C19H31N3O/c1-3-23-15-16-12-17-6-11-22(14-18(17)20-13-16)21-10-5-9-19(2)7-4-8-19/h12-13,21H,3-11,14-15H2,1-2H3. The van der Waals surface area contributed by atoms with Crippen LogP contribution >= 0.6 is 0 Å². The minimum atomic E-state index is 0.648. The van der Waals surface area contributed by atoms with Crippen LogP contribution in [0.15, 0.2) is 12.3 Å². The molecule has 1 saturated carbocycles. The quantitative estimate of drug-likeness (QED) is 0.745. The minimum Gasteiger partial charge on any atom is -0.377 e. The van der Waals surface area contributed by atoms with Gasteiger partial charge in [-0.05, 0) is 55.6 Å². The lowest BCUT2D eigenvalue weighted by atomic mass is 9.68. The van der Waals surface area contributed by atoms with Crippen molar-refractivity contribution in [2.45, 2.75) is 65.5 Å². The molecule has 1 aliphatic heterocycles. The van der Waals surface area contributed by atoms with E-state index in [1.54, 1.807) is 0 Å². The molecule has 1 N–H and O–H groups in total. The largest absolute Gasteiger partial charge is 0.377 e. The number of ether oxygens (including phenoxy) is 1. The Labute approximate surface area is 140 Å². The molecule has 3 rings (SSSR count). The SMILES string of the molecule is CCOCc1cnc2c(c1)CCN(NCCCC1(C)CCC1)C2. The van der Waals surface area contributed by atoms with E-state index in [4.69, 9.17) is 4.74 Å². The number of fused-ring (bicyclic) bond motifs is 1. The molecular weight excluding hydrogens is 286 g/mol. The Balaban J connectivity index is 1.42. The van der Waals surface area contributed by atoms with Crippen LogP contribution in [0.4, 0.5) is 0 Å². The minimum absolute atomic E-state index is 0.648. The van der Waals surface area contributed by atoms with Crippen molar-refractivity contribution >= 4 is 0 Å². The van der Waals surface area contributed by atoms with Crippen LogP contribution in [0.25, 0.3) is 0 Å². The zero-order chi connectivity index (χ0) is 16.1. The van der Waals surface area contributed by atoms with Gasteiger partial charge in [0.15, 0.2) is 0 Å². The van der Waals surface area contributed by atoms with Gasteiger partial charge in [-0.3, -0.25) is 10.4 Å². The molecule has 0 amide bonds. The van der Waals surface area contributed by atoms with Crippen LogP contribution in [-0.4, -0.2) is 29.7 Å². The van der Waals surface area contributed by atoms with Gasteiger partial charge >= 0.3 is 0 Å². The van der Waals surface area contributed by atoms with Crippen molar-refractivity contribution in [2.24, 2.45) is 5.41 Å². The Morgan fingerprint density at radius 2 is 2.26 bits per heavy atom. The van der Waals surface area contributed by atoms with Gasteiger partial charge in [-0.25, -0.2) is 5.01 Å². The first-order chi connectivity index (χ1) is 11.2. The van der Waals surface area contributed by atoms with Crippen LogP contribution in [0.1, 0.15) is 62.8 Å². The van der Waals surface area contributed by atoms with Crippen molar-refractivity contribution in [1.82, 2.24) is 15.4 Å². The fourth-order valence-electron chi connectivity index (χ4n) is 3.68. The third-order valence-corrected chi connectivity index (χ3v) is 5.43. The maximum atomic E-state index is 5.48. The van der Waals surface area contributed by atoms with E-state index in [-0.39, 0.29) is 0 Å². The van der Waals surface area contributed by atoms with Crippen LogP contribution < -0.4 is 5.43 Å². The van der Waals surface area contributed by atoms with E-state index in [0.717, 1.165) is 32.7 Å². The monoisotopic (exact) mass is 317 g/mol. The highest BCUT2D eigenvalue weighted by Gasteiger charge is 2.30. The number of hydrogen-bond donors (Lipinski definition) is 1. The number of pyridine rings is 1. The predicted molar refractivity (Wildman–Crippen MR) is 92.9 cm³/mol. The number of rotatable bonds is 8. The van der Waals surface area contributed by atoms with E-state index in [1.807, 2.05) is 13.1 Å². The Bertz CT molecular complexity index is 513. The summed E-state index contributed by atoms with van der Waals surface area (Å²) in [6.07, 6.45) is 9.98. The van der Waals surface area contributed by atoms with Gasteiger partial charge in [0.25, 0.3) is 0 Å². The lowest BCUT2D eigenvalue weighted by Crippen LogP contribution is -2.42. The molecule has 0 spiro atoms. The maximum absolute atomic E-state index is 5.48. The first-order valence-corrected chi connectivity index (χ1v) is 9.21. The second-order valence-electron chi connectivity index (χ2n) is 7.43. The van der Waals surface area contributed by atoms with Crippen LogP contribution in [0.5, 0.6) is 0 Å². The summed E-state index contributed by atoms with van der Waals surface area (Å²) in [6.45, 7) is 8.99. The number of nitrogens with zero attached hydrogens (tertiary/aromatic N) is 2. The first-order valence-electron chi connectivity index (χ1n) is 9.21. The normalized spacial score (nSPS) is 20.1. The fourth-order valence-corrected chi connectivity index (χ4v) is 3.68. The van der Waals surface area contributed by atoms with Gasteiger partial charge in [0, 0.05) is 25.9 Å². The molecule has 4 heteroatoms.